The van der Waals surface area contributed by atoms with Crippen LogP contribution >= 0.6 is 15.9 Å². The summed E-state index contributed by atoms with van der Waals surface area (Å²) in [7, 11) is 0. The second-order valence-electron chi connectivity index (χ2n) is 6.23. The number of rotatable bonds is 3. The Labute approximate surface area is 123 Å². The standard InChI is InChI=1S/C15H22BrNO2/c1-14(2)8-13(15(3,4)19-14)18-12-6-5-11(16)7-10(12)9-17/h5-7,13H,8-9,17H2,1-4H3. The molecule has 4 heteroatoms. The van der Waals surface area contributed by atoms with Gasteiger partial charge in [-0.2, -0.15) is 0 Å². The van der Waals surface area contributed by atoms with Crippen LogP contribution in [0, 0.1) is 0 Å². The van der Waals surface area contributed by atoms with Gasteiger partial charge in [0.05, 0.1) is 5.60 Å². The molecular weight excluding hydrogens is 306 g/mol. The van der Waals surface area contributed by atoms with E-state index in [-0.39, 0.29) is 17.3 Å². The van der Waals surface area contributed by atoms with Crippen LogP contribution in [0.4, 0.5) is 0 Å². The molecule has 0 radical (unpaired) electrons. The molecule has 1 fully saturated rings. The van der Waals surface area contributed by atoms with Crippen molar-refractivity contribution in [2.24, 2.45) is 5.73 Å². The third kappa shape index (κ3) is 3.30. The first-order chi connectivity index (χ1) is 8.73. The van der Waals surface area contributed by atoms with Crippen LogP contribution in [0.15, 0.2) is 22.7 Å². The monoisotopic (exact) mass is 327 g/mol. The second-order valence-corrected chi connectivity index (χ2v) is 7.15. The van der Waals surface area contributed by atoms with E-state index in [1.54, 1.807) is 0 Å². The number of halogens is 1. The van der Waals surface area contributed by atoms with E-state index in [4.69, 9.17) is 15.2 Å². The van der Waals surface area contributed by atoms with Crippen LogP contribution in [-0.2, 0) is 11.3 Å². The Morgan fingerprint density at radius 2 is 2.05 bits per heavy atom. The lowest BCUT2D eigenvalue weighted by Crippen LogP contribution is -2.37. The van der Waals surface area contributed by atoms with Crippen LogP contribution in [0.1, 0.15) is 39.7 Å². The van der Waals surface area contributed by atoms with Crippen molar-refractivity contribution in [2.75, 3.05) is 0 Å². The molecule has 1 unspecified atom stereocenters. The maximum absolute atomic E-state index is 6.18. The van der Waals surface area contributed by atoms with Crippen molar-refractivity contribution < 1.29 is 9.47 Å². The van der Waals surface area contributed by atoms with Gasteiger partial charge >= 0.3 is 0 Å². The summed E-state index contributed by atoms with van der Waals surface area (Å²) >= 11 is 3.45. The SMILES string of the molecule is CC1(C)CC(Oc2ccc(Br)cc2CN)C(C)(C)O1. The van der Waals surface area contributed by atoms with Crippen LogP contribution in [0.5, 0.6) is 5.75 Å². The predicted molar refractivity (Wildman–Crippen MR) is 80.3 cm³/mol. The first kappa shape index (κ1) is 14.8. The maximum Gasteiger partial charge on any atom is 0.130 e. The van der Waals surface area contributed by atoms with E-state index >= 15 is 0 Å². The summed E-state index contributed by atoms with van der Waals surface area (Å²) in [5, 5.41) is 0. The highest BCUT2D eigenvalue weighted by Gasteiger charge is 2.47. The number of hydrogen-bond acceptors (Lipinski definition) is 3. The van der Waals surface area contributed by atoms with Crippen LogP contribution in [-0.4, -0.2) is 17.3 Å². The molecule has 1 aromatic rings. The van der Waals surface area contributed by atoms with Gasteiger partial charge in [-0.05, 0) is 45.9 Å². The minimum atomic E-state index is -0.289. The predicted octanol–water partition coefficient (Wildman–Crippen LogP) is 3.63. The fraction of sp³-hybridized carbons (Fsp3) is 0.600. The molecule has 1 saturated heterocycles. The zero-order chi connectivity index (χ0) is 14.3. The highest BCUT2D eigenvalue weighted by molar-refractivity contribution is 9.10. The summed E-state index contributed by atoms with van der Waals surface area (Å²) in [6.07, 6.45) is 0.911. The summed E-state index contributed by atoms with van der Waals surface area (Å²) in [4.78, 5) is 0. The average molecular weight is 328 g/mol. The number of hydrogen-bond donors (Lipinski definition) is 1. The van der Waals surface area contributed by atoms with Gasteiger partial charge in [-0.15, -0.1) is 0 Å². The quantitative estimate of drug-likeness (QED) is 0.921. The molecular formula is C15H22BrNO2. The summed E-state index contributed by atoms with van der Waals surface area (Å²) in [6, 6.07) is 5.94. The first-order valence-electron chi connectivity index (χ1n) is 6.59. The zero-order valence-electron chi connectivity index (χ0n) is 12.0. The van der Waals surface area contributed by atoms with Crippen molar-refractivity contribution in [3.8, 4) is 5.75 Å². The molecule has 1 heterocycles. The number of benzene rings is 1. The van der Waals surface area contributed by atoms with Crippen molar-refractivity contribution in [3.63, 3.8) is 0 Å². The van der Waals surface area contributed by atoms with Gasteiger partial charge in [0.1, 0.15) is 17.5 Å². The Morgan fingerprint density at radius 1 is 1.37 bits per heavy atom. The minimum Gasteiger partial charge on any atom is -0.487 e. The lowest BCUT2D eigenvalue weighted by molar-refractivity contribution is -0.0846. The third-order valence-electron chi connectivity index (χ3n) is 3.50. The number of nitrogens with two attached hydrogens (primary N) is 1. The van der Waals surface area contributed by atoms with Crippen LogP contribution in [0.2, 0.25) is 0 Å². The van der Waals surface area contributed by atoms with E-state index in [2.05, 4.69) is 43.6 Å². The van der Waals surface area contributed by atoms with Crippen molar-refractivity contribution in [2.45, 2.75) is 58.0 Å². The van der Waals surface area contributed by atoms with Gasteiger partial charge < -0.3 is 15.2 Å². The van der Waals surface area contributed by atoms with Gasteiger partial charge in [0.15, 0.2) is 0 Å². The van der Waals surface area contributed by atoms with Gasteiger partial charge in [0.25, 0.3) is 0 Å². The topological polar surface area (TPSA) is 44.5 Å². The summed E-state index contributed by atoms with van der Waals surface area (Å²) < 4.78 is 13.2. The summed E-state index contributed by atoms with van der Waals surface area (Å²) in [6.45, 7) is 8.82. The number of ether oxygens (including phenoxy) is 2. The fourth-order valence-corrected chi connectivity index (χ4v) is 3.08. The van der Waals surface area contributed by atoms with E-state index in [0.717, 1.165) is 22.2 Å². The molecule has 1 aliphatic heterocycles. The Kier molecular flexibility index (Phi) is 3.96. The highest BCUT2D eigenvalue weighted by atomic mass is 79.9. The van der Waals surface area contributed by atoms with E-state index < -0.39 is 0 Å². The molecule has 19 heavy (non-hydrogen) atoms. The molecule has 2 rings (SSSR count). The molecule has 1 aliphatic rings. The minimum absolute atomic E-state index is 0.0361. The molecule has 0 spiro atoms. The van der Waals surface area contributed by atoms with Crippen LogP contribution < -0.4 is 10.5 Å². The summed E-state index contributed by atoms with van der Waals surface area (Å²) in [5.41, 5.74) is 6.36. The van der Waals surface area contributed by atoms with Crippen molar-refractivity contribution in [1.29, 1.82) is 0 Å². The third-order valence-corrected chi connectivity index (χ3v) is 4.00. The molecule has 106 valence electrons. The van der Waals surface area contributed by atoms with E-state index in [1.807, 2.05) is 18.2 Å². The lowest BCUT2D eigenvalue weighted by Gasteiger charge is -2.28. The van der Waals surface area contributed by atoms with Crippen LogP contribution in [0.25, 0.3) is 0 Å². The van der Waals surface area contributed by atoms with Crippen LogP contribution in [0.3, 0.4) is 0 Å². The molecule has 3 nitrogen and oxygen atoms in total. The van der Waals surface area contributed by atoms with E-state index in [0.29, 0.717) is 6.54 Å². The van der Waals surface area contributed by atoms with Gasteiger partial charge in [-0.3, -0.25) is 0 Å². The maximum atomic E-state index is 6.18. The molecule has 0 amide bonds. The Hall–Kier alpha value is -0.580. The molecule has 1 atom stereocenters. The Balaban J connectivity index is 2.22. The van der Waals surface area contributed by atoms with Crippen molar-refractivity contribution in [3.05, 3.63) is 28.2 Å². The fourth-order valence-electron chi connectivity index (χ4n) is 2.67. The molecule has 0 aromatic heterocycles. The molecule has 0 saturated carbocycles. The largest absolute Gasteiger partial charge is 0.487 e. The molecule has 1 aromatic carbocycles. The highest BCUT2D eigenvalue weighted by Crippen LogP contribution is 2.40. The summed E-state index contributed by atoms with van der Waals surface area (Å²) in [5.74, 6) is 0.852. The van der Waals surface area contributed by atoms with Crippen molar-refractivity contribution >= 4 is 15.9 Å². The Morgan fingerprint density at radius 3 is 2.58 bits per heavy atom. The average Bonchev–Trinajstić information content (AvgIpc) is 2.49. The lowest BCUT2D eigenvalue weighted by atomic mass is 9.97. The van der Waals surface area contributed by atoms with E-state index in [9.17, 15) is 0 Å². The zero-order valence-corrected chi connectivity index (χ0v) is 13.6. The molecule has 2 N–H and O–H groups in total. The first-order valence-corrected chi connectivity index (χ1v) is 7.38. The van der Waals surface area contributed by atoms with Gasteiger partial charge in [0.2, 0.25) is 0 Å². The molecule has 0 bridgehead atoms. The molecule has 0 aliphatic carbocycles. The van der Waals surface area contributed by atoms with E-state index in [1.165, 1.54) is 0 Å². The second kappa shape index (κ2) is 5.08. The smallest absolute Gasteiger partial charge is 0.130 e. The van der Waals surface area contributed by atoms with Gasteiger partial charge in [-0.25, -0.2) is 0 Å². The van der Waals surface area contributed by atoms with Gasteiger partial charge in [-0.1, -0.05) is 15.9 Å². The van der Waals surface area contributed by atoms with Gasteiger partial charge in [0, 0.05) is 23.0 Å². The van der Waals surface area contributed by atoms with Crippen molar-refractivity contribution in [1.82, 2.24) is 0 Å². The normalized spacial score (nSPS) is 24.4. The Bertz CT molecular complexity index is 471.